The number of carbonyl (C=O) groups is 4. The highest BCUT2D eigenvalue weighted by Gasteiger charge is 2.67. The van der Waals surface area contributed by atoms with Gasteiger partial charge in [-0.25, -0.2) is 0 Å². The molecule has 8 atom stereocenters. The summed E-state index contributed by atoms with van der Waals surface area (Å²) in [5.74, 6) is -0.471. The van der Waals surface area contributed by atoms with Gasteiger partial charge in [-0.1, -0.05) is 53.7 Å². The smallest absolute Gasteiger partial charge is 0.247 e. The lowest BCUT2D eigenvalue weighted by molar-refractivity contribution is -0.148. The van der Waals surface area contributed by atoms with Crippen LogP contribution in [0.5, 0.6) is 0 Å². The first-order chi connectivity index (χ1) is 25.8. The second-order valence-corrected chi connectivity index (χ2v) is 25.9. The van der Waals surface area contributed by atoms with Crippen LogP contribution in [0, 0.1) is 0 Å². The van der Waals surface area contributed by atoms with E-state index in [1.165, 1.54) is 0 Å². The number of benzene rings is 2. The Morgan fingerprint density at radius 3 is 1.28 bits per heavy atom. The lowest BCUT2D eigenvalue weighted by Gasteiger charge is -2.42. The van der Waals surface area contributed by atoms with Crippen molar-refractivity contribution in [2.24, 2.45) is 0 Å². The van der Waals surface area contributed by atoms with E-state index in [2.05, 4.69) is 99.2 Å². The second kappa shape index (κ2) is 12.9. The molecule has 4 N–H and O–H groups in total. The number of carbonyl (C=O) groups excluding carboxylic acids is 4. The molecule has 12 nitrogen and oxygen atoms in total. The summed E-state index contributed by atoms with van der Waals surface area (Å²) >= 11 is 0. The second-order valence-electron chi connectivity index (χ2n) is 16.5. The molecular formula is C40H56N6O6Si2. The SMILES string of the molecule is CC[Si](CC)(CC)OC12C[C@H]3C(=O)N[C@@H](C)C(=O)N3[C@H]1Nc1ccc(-c3ccc4c(c3)C3(O[Si](CC)(CC)CC)C[C@H]5C(=O)N[C@@H](C)C(=O)N5[C@H]3N4)cc12. The molecule has 0 bridgehead atoms. The van der Waals surface area contributed by atoms with Gasteiger partial charge in [-0.2, -0.15) is 0 Å². The largest absolute Gasteiger partial charge is 0.403 e. The molecule has 4 amide bonds. The van der Waals surface area contributed by atoms with Crippen LogP contribution < -0.4 is 21.3 Å². The number of hydrogen-bond donors (Lipinski definition) is 4. The Kier molecular flexibility index (Phi) is 8.90. The van der Waals surface area contributed by atoms with E-state index in [9.17, 15) is 19.2 Å². The number of amides is 4. The molecule has 14 heteroatoms. The highest BCUT2D eigenvalue weighted by molar-refractivity contribution is 6.74. The van der Waals surface area contributed by atoms with Gasteiger partial charge in [0.2, 0.25) is 23.6 Å². The Labute approximate surface area is 320 Å². The van der Waals surface area contributed by atoms with Gasteiger partial charge in [-0.3, -0.25) is 19.2 Å². The van der Waals surface area contributed by atoms with Gasteiger partial charge in [0.1, 0.15) is 47.7 Å². The predicted octanol–water partition coefficient (Wildman–Crippen LogP) is 5.53. The van der Waals surface area contributed by atoms with Gasteiger partial charge in [-0.05, 0) is 85.5 Å². The van der Waals surface area contributed by atoms with Crippen LogP contribution in [0.15, 0.2) is 36.4 Å². The highest BCUT2D eigenvalue weighted by atomic mass is 28.4. The fraction of sp³-hybridized carbons (Fsp3) is 0.600. The molecule has 0 aliphatic carbocycles. The summed E-state index contributed by atoms with van der Waals surface area (Å²) in [4.78, 5) is 58.0. The quantitative estimate of drug-likeness (QED) is 0.219. The van der Waals surface area contributed by atoms with Crippen LogP contribution >= 0.6 is 0 Å². The Morgan fingerprint density at radius 2 is 0.944 bits per heavy atom. The molecule has 0 aromatic heterocycles. The molecule has 0 radical (unpaired) electrons. The lowest BCUT2D eigenvalue weighted by Crippen LogP contribution is -2.63. The molecule has 2 unspecified atom stereocenters. The van der Waals surface area contributed by atoms with Gasteiger partial charge in [0.05, 0.1) is 0 Å². The zero-order valence-corrected chi connectivity index (χ0v) is 34.9. The number of nitrogens with one attached hydrogen (secondary N) is 4. The molecule has 54 heavy (non-hydrogen) atoms. The lowest BCUT2D eigenvalue weighted by atomic mass is 9.86. The third-order valence-electron chi connectivity index (χ3n) is 14.2. The summed E-state index contributed by atoms with van der Waals surface area (Å²) in [6.07, 6.45) is -0.222. The first-order valence-electron chi connectivity index (χ1n) is 20.3. The normalized spacial score (nSPS) is 32.2. The summed E-state index contributed by atoms with van der Waals surface area (Å²) in [7, 11) is -4.54. The summed E-state index contributed by atoms with van der Waals surface area (Å²) in [5, 5.41) is 13.1. The highest BCUT2D eigenvalue weighted by Crippen LogP contribution is 2.57. The number of nitrogens with zero attached hydrogens (tertiary/aromatic N) is 2. The van der Waals surface area contributed by atoms with Gasteiger partial charge in [0, 0.05) is 35.3 Å². The molecule has 4 saturated heterocycles. The minimum Gasteiger partial charge on any atom is -0.403 e. The number of hydrogen-bond acceptors (Lipinski definition) is 8. The summed E-state index contributed by atoms with van der Waals surface area (Å²) in [6.45, 7) is 16.7. The fourth-order valence-corrected chi connectivity index (χ4v) is 16.6. The molecule has 0 spiro atoms. The summed E-state index contributed by atoms with van der Waals surface area (Å²) in [6, 6.07) is 15.9. The van der Waals surface area contributed by atoms with Gasteiger partial charge >= 0.3 is 0 Å². The Balaban J connectivity index is 1.25. The molecule has 2 aromatic carbocycles. The Hall–Kier alpha value is -3.73. The van der Waals surface area contributed by atoms with Crippen molar-refractivity contribution < 1.29 is 28.0 Å². The Bertz CT molecular complexity index is 1770. The fourth-order valence-electron chi connectivity index (χ4n) is 10.6. The van der Waals surface area contributed by atoms with Crippen molar-refractivity contribution in [3.05, 3.63) is 47.5 Å². The summed E-state index contributed by atoms with van der Waals surface area (Å²) < 4.78 is 15.0. The number of piperazine rings is 2. The molecule has 290 valence electrons. The van der Waals surface area contributed by atoms with E-state index >= 15 is 0 Å². The number of rotatable bonds is 11. The van der Waals surface area contributed by atoms with Crippen molar-refractivity contribution in [2.45, 2.75) is 152 Å². The van der Waals surface area contributed by atoms with Crippen molar-refractivity contribution in [3.8, 4) is 11.1 Å². The standard InChI is InChI=1S/C40H56N6O6Si2/c1-9-53(10-2,11-3)51-39-21-31-33(47)41-23(7)35(49)45(31)37(39)43-29-17-15-25(19-27(29)39)26-16-18-30-28(20-26)40(52-54(12-4,13-5)14-6)22-32-34(48)42-24(8)36(50)46(32)38(40)44-30/h15-20,23-24,31-32,37-38,43-44H,9-14,21-22H2,1-8H3,(H,41,47)(H,42,48)/t23-,24-,31-,32-,37+,38+,39?,40?/m0/s1. The third kappa shape index (κ3) is 5.04. The van der Waals surface area contributed by atoms with Gasteiger partial charge in [0.15, 0.2) is 16.6 Å². The van der Waals surface area contributed by atoms with Crippen molar-refractivity contribution in [1.29, 1.82) is 0 Å². The topological polar surface area (TPSA) is 141 Å². The first kappa shape index (κ1) is 37.2. The average molecular weight is 773 g/mol. The van der Waals surface area contributed by atoms with E-state index in [0.29, 0.717) is 12.8 Å². The zero-order chi connectivity index (χ0) is 38.5. The zero-order valence-electron chi connectivity index (χ0n) is 32.9. The minimum atomic E-state index is -2.27. The first-order valence-corrected chi connectivity index (χ1v) is 25.3. The van der Waals surface area contributed by atoms with Crippen LogP contribution in [0.3, 0.4) is 0 Å². The van der Waals surface area contributed by atoms with Crippen LogP contribution in [0.2, 0.25) is 36.3 Å². The van der Waals surface area contributed by atoms with Crippen molar-refractivity contribution in [1.82, 2.24) is 20.4 Å². The van der Waals surface area contributed by atoms with Gasteiger partial charge < -0.3 is 39.9 Å². The van der Waals surface area contributed by atoms with Crippen molar-refractivity contribution in [2.75, 3.05) is 10.6 Å². The molecule has 6 heterocycles. The molecule has 2 aromatic rings. The third-order valence-corrected chi connectivity index (χ3v) is 23.5. The van der Waals surface area contributed by atoms with E-state index in [1.54, 1.807) is 23.6 Å². The van der Waals surface area contributed by atoms with Gasteiger partial charge in [0.25, 0.3) is 0 Å². The average Bonchev–Trinajstić information content (AvgIpc) is 3.87. The van der Waals surface area contributed by atoms with E-state index < -0.39 is 64.3 Å². The maximum absolute atomic E-state index is 13.8. The molecular weight excluding hydrogens is 717 g/mol. The Morgan fingerprint density at radius 1 is 0.593 bits per heavy atom. The predicted molar refractivity (Wildman–Crippen MR) is 212 cm³/mol. The maximum atomic E-state index is 13.8. The van der Waals surface area contributed by atoms with Crippen LogP contribution in [0.25, 0.3) is 11.1 Å². The molecule has 4 fully saturated rings. The number of fused-ring (bicyclic) bond motifs is 10. The van der Waals surface area contributed by atoms with E-state index in [1.807, 2.05) is 0 Å². The van der Waals surface area contributed by atoms with Gasteiger partial charge in [-0.15, -0.1) is 0 Å². The van der Waals surface area contributed by atoms with E-state index in [4.69, 9.17) is 8.85 Å². The molecule has 8 rings (SSSR count). The molecule has 0 saturated carbocycles. The van der Waals surface area contributed by atoms with Crippen LogP contribution in [0.4, 0.5) is 11.4 Å². The number of anilines is 2. The van der Waals surface area contributed by atoms with Crippen molar-refractivity contribution in [3.63, 3.8) is 0 Å². The summed E-state index contributed by atoms with van der Waals surface area (Å²) in [5.41, 5.74) is 3.98. The van der Waals surface area contributed by atoms with Crippen LogP contribution in [-0.2, 0) is 39.2 Å². The van der Waals surface area contributed by atoms with E-state index in [0.717, 1.165) is 69.9 Å². The molecule has 6 aliphatic heterocycles. The maximum Gasteiger partial charge on any atom is 0.247 e. The van der Waals surface area contributed by atoms with Crippen LogP contribution in [-0.4, -0.2) is 86.6 Å². The van der Waals surface area contributed by atoms with Crippen LogP contribution in [0.1, 0.15) is 79.4 Å². The molecule has 6 aliphatic rings. The monoisotopic (exact) mass is 772 g/mol. The van der Waals surface area contributed by atoms with E-state index in [-0.39, 0.29) is 23.6 Å². The minimum absolute atomic E-state index is 0.0985. The van der Waals surface area contributed by atoms with Crippen molar-refractivity contribution >= 4 is 51.6 Å².